The number of hydrogen-bond acceptors (Lipinski definition) is 4. The summed E-state index contributed by atoms with van der Waals surface area (Å²) < 4.78 is 19.6. The van der Waals surface area contributed by atoms with Gasteiger partial charge in [0.2, 0.25) is 19.5 Å². The molecule has 0 saturated carbocycles. The van der Waals surface area contributed by atoms with Crippen LogP contribution in [0.2, 0.25) is 10.1 Å². The third-order valence-electron chi connectivity index (χ3n) is 7.99. The van der Waals surface area contributed by atoms with Gasteiger partial charge in [-0.25, -0.2) is 0 Å². The van der Waals surface area contributed by atoms with Crippen LogP contribution in [0.3, 0.4) is 0 Å². The topological polar surface area (TPSA) is 47.9 Å². The second kappa shape index (κ2) is 15.2. The summed E-state index contributed by atoms with van der Waals surface area (Å²) in [4.78, 5) is 0. The van der Waals surface area contributed by atoms with E-state index in [-0.39, 0.29) is 10.1 Å². The number of hydrogen-bond donors (Lipinski definition) is 1. The molecule has 0 aliphatic heterocycles. The molecule has 240 valence electrons. The van der Waals surface area contributed by atoms with Crippen molar-refractivity contribution in [2.75, 3.05) is 6.61 Å². The van der Waals surface area contributed by atoms with Crippen LogP contribution in [-0.2, 0) is 20.1 Å². The molecule has 6 heteroatoms. The molecule has 0 bridgehead atoms. The maximum absolute atomic E-state index is 10.7. The largest absolute Gasteiger partial charge is 0.489 e. The summed E-state index contributed by atoms with van der Waals surface area (Å²) in [5.41, 5.74) is 4.75. The highest BCUT2D eigenvalue weighted by Crippen LogP contribution is 2.40. The summed E-state index contributed by atoms with van der Waals surface area (Å²) >= 11 is 0. The highest BCUT2D eigenvalue weighted by molar-refractivity contribution is 6.32. The average Bonchev–Trinajstić information content (AvgIpc) is 3.40. The molecule has 4 radical (unpaired) electrons. The minimum absolute atomic E-state index is 0.0871. The fourth-order valence-corrected chi connectivity index (χ4v) is 6.35. The fourth-order valence-electron chi connectivity index (χ4n) is 5.01. The molecule has 0 amide bonds. The molecule has 1 aromatic rings. The van der Waals surface area contributed by atoms with Gasteiger partial charge >= 0.3 is 0 Å². The zero-order chi connectivity index (χ0) is 32.7. The minimum Gasteiger partial charge on any atom is -0.489 e. The van der Waals surface area contributed by atoms with E-state index in [1.165, 1.54) is 16.7 Å². The van der Waals surface area contributed by atoms with Crippen molar-refractivity contribution in [2.24, 2.45) is 0 Å². The number of aliphatic hydroxyl groups is 1. The lowest BCUT2D eigenvalue weighted by molar-refractivity contribution is 0.0246. The van der Waals surface area contributed by atoms with E-state index in [1.54, 1.807) is 0 Å². The van der Waals surface area contributed by atoms with Gasteiger partial charge in [0, 0.05) is 0 Å². The van der Waals surface area contributed by atoms with Crippen molar-refractivity contribution in [3.05, 3.63) is 64.3 Å². The van der Waals surface area contributed by atoms with E-state index in [0.29, 0.717) is 26.1 Å². The van der Waals surface area contributed by atoms with Crippen molar-refractivity contribution in [1.82, 2.24) is 0 Å². The minimum atomic E-state index is -0.549. The average molecular weight is 625 g/mol. The van der Waals surface area contributed by atoms with Crippen LogP contribution >= 0.6 is 0 Å². The Kier molecular flexibility index (Phi) is 13.4. The Morgan fingerprint density at radius 3 is 1.88 bits per heavy atom. The number of benzene rings is 1. The Labute approximate surface area is 269 Å². The molecule has 1 aliphatic carbocycles. The van der Waals surface area contributed by atoms with Gasteiger partial charge in [0.05, 0.1) is 16.8 Å². The SMILES string of the molecule is CCC(=CCCC(O)(CC)CC)C1=CC=C(COc2ccc(C(C)(C)O[Si]C(C)(C)C)c(C(C)(C)O[Si]C(C)(C)C)c2)C1. The normalized spacial score (nSPS) is 15.5. The van der Waals surface area contributed by atoms with Gasteiger partial charge < -0.3 is 18.7 Å². The molecule has 0 spiro atoms. The maximum atomic E-state index is 10.7. The summed E-state index contributed by atoms with van der Waals surface area (Å²) in [5, 5.41) is 10.9. The third-order valence-corrected chi connectivity index (χ3v) is 10.4. The van der Waals surface area contributed by atoms with E-state index < -0.39 is 16.8 Å². The van der Waals surface area contributed by atoms with Gasteiger partial charge in [-0.1, -0.05) is 86.6 Å². The maximum Gasteiger partial charge on any atom is 0.236 e. The monoisotopic (exact) mass is 624 g/mol. The fraction of sp³-hybridized carbons (Fsp3) is 0.676. The van der Waals surface area contributed by atoms with Crippen LogP contribution in [0.25, 0.3) is 0 Å². The summed E-state index contributed by atoms with van der Waals surface area (Å²) in [7, 11) is 0.749. The Bertz CT molecular complexity index is 1140. The molecule has 0 saturated heterocycles. The van der Waals surface area contributed by atoms with Crippen LogP contribution < -0.4 is 4.74 Å². The first-order chi connectivity index (χ1) is 19.7. The molecule has 1 aromatic carbocycles. The van der Waals surface area contributed by atoms with Crippen molar-refractivity contribution in [3.63, 3.8) is 0 Å². The second-order valence-electron chi connectivity index (χ2n) is 15.2. The Hall–Kier alpha value is -1.45. The zero-order valence-electron chi connectivity index (χ0n) is 29.6. The molecule has 0 unspecified atom stereocenters. The van der Waals surface area contributed by atoms with Gasteiger partial charge in [-0.3, -0.25) is 0 Å². The molecule has 43 heavy (non-hydrogen) atoms. The number of ether oxygens (including phenoxy) is 1. The Balaban J connectivity index is 2.20. The first-order valence-electron chi connectivity index (χ1n) is 16.2. The first-order valence-corrected chi connectivity index (χ1v) is 18.0. The van der Waals surface area contributed by atoms with E-state index in [0.717, 1.165) is 55.4 Å². The van der Waals surface area contributed by atoms with Crippen molar-refractivity contribution in [1.29, 1.82) is 0 Å². The second-order valence-corrected chi connectivity index (χ2v) is 19.0. The van der Waals surface area contributed by atoms with E-state index in [4.69, 9.17) is 13.6 Å². The highest BCUT2D eigenvalue weighted by Gasteiger charge is 2.34. The lowest BCUT2D eigenvalue weighted by Crippen LogP contribution is -2.34. The summed E-state index contributed by atoms with van der Waals surface area (Å²) in [6, 6.07) is 6.41. The Morgan fingerprint density at radius 2 is 1.37 bits per heavy atom. The van der Waals surface area contributed by atoms with Crippen molar-refractivity contribution >= 4 is 19.5 Å². The molecule has 0 heterocycles. The molecule has 0 aromatic heterocycles. The number of allylic oxidation sites excluding steroid dienone is 5. The quantitative estimate of drug-likeness (QED) is 0.186. The van der Waals surface area contributed by atoms with Gasteiger partial charge in [-0.05, 0) is 116 Å². The van der Waals surface area contributed by atoms with Crippen LogP contribution in [0.15, 0.2) is 53.1 Å². The van der Waals surface area contributed by atoms with E-state index in [2.05, 4.69) is 126 Å². The number of rotatable bonds is 16. The Morgan fingerprint density at radius 1 is 0.814 bits per heavy atom. The first kappa shape index (κ1) is 37.7. The van der Waals surface area contributed by atoms with E-state index in [9.17, 15) is 5.11 Å². The molecule has 1 N–H and O–H groups in total. The van der Waals surface area contributed by atoms with E-state index in [1.807, 2.05) is 0 Å². The van der Waals surface area contributed by atoms with Gasteiger partial charge in [0.1, 0.15) is 12.4 Å². The van der Waals surface area contributed by atoms with Crippen LogP contribution in [-0.4, -0.2) is 36.8 Å². The van der Waals surface area contributed by atoms with Crippen molar-refractivity contribution in [2.45, 2.75) is 155 Å². The van der Waals surface area contributed by atoms with Crippen LogP contribution in [0.4, 0.5) is 0 Å². The van der Waals surface area contributed by atoms with Crippen molar-refractivity contribution in [3.8, 4) is 5.75 Å². The molecular weight excluding hydrogens is 565 g/mol. The smallest absolute Gasteiger partial charge is 0.236 e. The van der Waals surface area contributed by atoms with Gasteiger partial charge in [-0.2, -0.15) is 0 Å². The van der Waals surface area contributed by atoms with Crippen LogP contribution in [0, 0.1) is 0 Å². The van der Waals surface area contributed by atoms with E-state index >= 15 is 0 Å². The molecule has 1 aliphatic rings. The molecular formula is C37H60O4Si2. The zero-order valence-corrected chi connectivity index (χ0v) is 31.6. The van der Waals surface area contributed by atoms with Crippen LogP contribution in [0.1, 0.15) is 140 Å². The standard InChI is InChI=1S/C37H60O4Si2/c1-14-28(18-17-23-37(38,15-2)16-3)29-20-19-27(24-29)26-39-30-21-22-31(35(10,11)40-42-33(4,5)6)32(25-30)36(12,13)41-43-34(7,8)9/h18-22,25,38H,14-17,23-24,26H2,1-13H3. The predicted octanol–water partition coefficient (Wildman–Crippen LogP) is 10.2. The van der Waals surface area contributed by atoms with Gasteiger partial charge in [-0.15, -0.1) is 0 Å². The third kappa shape index (κ3) is 12.1. The predicted molar refractivity (Wildman–Crippen MR) is 185 cm³/mol. The molecule has 0 fully saturated rings. The molecule has 4 nitrogen and oxygen atoms in total. The molecule has 0 atom stereocenters. The summed E-state index contributed by atoms with van der Waals surface area (Å²) in [6.07, 6.45) is 12.0. The highest BCUT2D eigenvalue weighted by atomic mass is 28.2. The van der Waals surface area contributed by atoms with Gasteiger partial charge in [0.15, 0.2) is 0 Å². The van der Waals surface area contributed by atoms with Crippen LogP contribution in [0.5, 0.6) is 5.75 Å². The lowest BCUT2D eigenvalue weighted by Gasteiger charge is -2.37. The lowest BCUT2D eigenvalue weighted by atomic mass is 9.85. The summed E-state index contributed by atoms with van der Waals surface area (Å²) in [6.45, 7) is 28.8. The van der Waals surface area contributed by atoms with Gasteiger partial charge in [0.25, 0.3) is 0 Å². The van der Waals surface area contributed by atoms with Crippen molar-refractivity contribution < 1.29 is 18.7 Å². The molecule has 2 rings (SSSR count). The summed E-state index contributed by atoms with van der Waals surface area (Å²) in [5.74, 6) is 0.850.